The Kier molecular flexibility index (Phi) is 3.99. The Morgan fingerprint density at radius 1 is 1.08 bits per heavy atom. The van der Waals surface area contributed by atoms with Gasteiger partial charge in [-0.15, -0.1) is 0 Å². The molecule has 1 atom stereocenters. The quantitative estimate of drug-likeness (QED) is 0.740. The number of pyridine rings is 1. The van der Waals surface area contributed by atoms with Gasteiger partial charge in [0.15, 0.2) is 5.82 Å². The molecule has 1 aromatic carbocycles. The molecule has 0 amide bonds. The first-order valence-electron chi connectivity index (χ1n) is 8.34. The minimum absolute atomic E-state index is 0.149. The number of anilines is 1. The molecule has 3 heterocycles. The molecule has 5 nitrogen and oxygen atoms in total. The molecule has 0 aliphatic carbocycles. The highest BCUT2D eigenvalue weighted by atomic mass is 16.5. The van der Waals surface area contributed by atoms with Crippen molar-refractivity contribution in [1.82, 2.24) is 15.0 Å². The summed E-state index contributed by atoms with van der Waals surface area (Å²) in [6.07, 6.45) is 5.80. The van der Waals surface area contributed by atoms with Crippen LogP contribution >= 0.6 is 0 Å². The number of rotatable bonds is 3. The fraction of sp³-hybridized carbons (Fsp3) is 0.316. The van der Waals surface area contributed by atoms with E-state index in [-0.39, 0.29) is 6.10 Å². The van der Waals surface area contributed by atoms with Crippen molar-refractivity contribution in [3.8, 4) is 5.75 Å². The molecule has 0 bridgehead atoms. The van der Waals surface area contributed by atoms with Gasteiger partial charge in [0.05, 0.1) is 29.5 Å². The van der Waals surface area contributed by atoms with Gasteiger partial charge >= 0.3 is 0 Å². The summed E-state index contributed by atoms with van der Waals surface area (Å²) >= 11 is 0. The predicted octanol–water partition coefficient (Wildman–Crippen LogP) is 3.38. The van der Waals surface area contributed by atoms with Crippen LogP contribution in [0.3, 0.4) is 0 Å². The fourth-order valence-corrected chi connectivity index (χ4v) is 3.21. The van der Waals surface area contributed by atoms with Crippen LogP contribution in [-0.4, -0.2) is 34.1 Å². The molecular weight excluding hydrogens is 300 g/mol. The summed E-state index contributed by atoms with van der Waals surface area (Å²) in [6, 6.07) is 11.9. The summed E-state index contributed by atoms with van der Waals surface area (Å²) in [6.45, 7) is 3.84. The zero-order chi connectivity index (χ0) is 16.4. The van der Waals surface area contributed by atoms with Crippen molar-refractivity contribution in [2.75, 3.05) is 18.0 Å². The molecule has 122 valence electrons. The number of nitrogens with zero attached hydrogens (tertiary/aromatic N) is 4. The molecular formula is C19H20N4O. The van der Waals surface area contributed by atoms with Crippen LogP contribution in [0.25, 0.3) is 11.0 Å². The molecule has 4 rings (SSSR count). The molecule has 24 heavy (non-hydrogen) atoms. The van der Waals surface area contributed by atoms with Gasteiger partial charge in [0.1, 0.15) is 11.9 Å². The number of ether oxygens (including phenoxy) is 1. The summed E-state index contributed by atoms with van der Waals surface area (Å²) in [5.41, 5.74) is 2.85. The Hall–Kier alpha value is -2.69. The lowest BCUT2D eigenvalue weighted by molar-refractivity contribution is 0.178. The predicted molar refractivity (Wildman–Crippen MR) is 94.4 cm³/mol. The Morgan fingerprint density at radius 3 is 2.71 bits per heavy atom. The average Bonchev–Trinajstić information content (AvgIpc) is 2.62. The molecule has 1 saturated heterocycles. The monoisotopic (exact) mass is 320 g/mol. The van der Waals surface area contributed by atoms with Gasteiger partial charge in [-0.1, -0.05) is 12.1 Å². The average molecular weight is 320 g/mol. The van der Waals surface area contributed by atoms with E-state index in [9.17, 15) is 0 Å². The smallest absolute Gasteiger partial charge is 0.150 e. The first kappa shape index (κ1) is 14.9. The topological polar surface area (TPSA) is 51.1 Å². The van der Waals surface area contributed by atoms with Crippen LogP contribution in [0.4, 0.5) is 5.82 Å². The second-order valence-corrected chi connectivity index (χ2v) is 6.14. The van der Waals surface area contributed by atoms with Crippen LogP contribution in [0.5, 0.6) is 5.75 Å². The van der Waals surface area contributed by atoms with Crippen molar-refractivity contribution in [3.63, 3.8) is 0 Å². The van der Waals surface area contributed by atoms with Crippen molar-refractivity contribution >= 4 is 16.9 Å². The SMILES string of the molecule is Cc1nc2ccccc2nc1N1CCCC(Oc2cccnc2)C1. The van der Waals surface area contributed by atoms with E-state index in [1.807, 2.05) is 43.3 Å². The van der Waals surface area contributed by atoms with Gasteiger partial charge in [-0.2, -0.15) is 0 Å². The Bertz CT molecular complexity index is 837. The van der Waals surface area contributed by atoms with E-state index in [2.05, 4.69) is 9.88 Å². The minimum Gasteiger partial charge on any atom is -0.487 e. The number of aromatic nitrogens is 3. The number of aryl methyl sites for hydroxylation is 1. The highest BCUT2D eigenvalue weighted by molar-refractivity contribution is 5.76. The van der Waals surface area contributed by atoms with E-state index in [0.717, 1.165) is 54.2 Å². The van der Waals surface area contributed by atoms with Crippen LogP contribution in [0, 0.1) is 6.92 Å². The number of piperidine rings is 1. The van der Waals surface area contributed by atoms with Crippen molar-refractivity contribution in [1.29, 1.82) is 0 Å². The maximum Gasteiger partial charge on any atom is 0.150 e. The molecule has 1 aliphatic heterocycles. The third-order valence-corrected chi connectivity index (χ3v) is 4.33. The third-order valence-electron chi connectivity index (χ3n) is 4.33. The Balaban J connectivity index is 1.56. The summed E-state index contributed by atoms with van der Waals surface area (Å²) in [5.74, 6) is 1.79. The van der Waals surface area contributed by atoms with Crippen molar-refractivity contribution < 1.29 is 4.74 Å². The zero-order valence-electron chi connectivity index (χ0n) is 13.7. The van der Waals surface area contributed by atoms with Crippen molar-refractivity contribution in [2.24, 2.45) is 0 Å². The molecule has 0 N–H and O–H groups in total. The lowest BCUT2D eigenvalue weighted by Crippen LogP contribution is -2.42. The molecule has 1 aliphatic rings. The van der Waals surface area contributed by atoms with Gasteiger partial charge < -0.3 is 9.64 Å². The van der Waals surface area contributed by atoms with E-state index in [1.165, 1.54) is 0 Å². The largest absolute Gasteiger partial charge is 0.487 e. The molecule has 3 aromatic rings. The summed E-state index contributed by atoms with van der Waals surface area (Å²) in [5, 5.41) is 0. The summed E-state index contributed by atoms with van der Waals surface area (Å²) in [7, 11) is 0. The van der Waals surface area contributed by atoms with Gasteiger partial charge in [-0.3, -0.25) is 4.98 Å². The van der Waals surface area contributed by atoms with E-state index >= 15 is 0 Å². The lowest BCUT2D eigenvalue weighted by atomic mass is 10.1. The van der Waals surface area contributed by atoms with E-state index < -0.39 is 0 Å². The van der Waals surface area contributed by atoms with Crippen molar-refractivity contribution in [3.05, 3.63) is 54.5 Å². The Morgan fingerprint density at radius 2 is 1.92 bits per heavy atom. The van der Waals surface area contributed by atoms with E-state index in [1.54, 1.807) is 12.4 Å². The second-order valence-electron chi connectivity index (χ2n) is 6.14. The number of benzene rings is 1. The lowest BCUT2D eigenvalue weighted by Gasteiger charge is -2.34. The third kappa shape index (κ3) is 3.02. The van der Waals surface area contributed by atoms with Gasteiger partial charge in [-0.05, 0) is 44.0 Å². The second kappa shape index (κ2) is 6.43. The molecule has 0 saturated carbocycles. The van der Waals surface area contributed by atoms with E-state index in [4.69, 9.17) is 14.7 Å². The van der Waals surface area contributed by atoms with Crippen LogP contribution in [0.2, 0.25) is 0 Å². The van der Waals surface area contributed by atoms with E-state index in [0.29, 0.717) is 0 Å². The normalized spacial score (nSPS) is 17.9. The van der Waals surface area contributed by atoms with Gasteiger partial charge in [-0.25, -0.2) is 9.97 Å². The molecule has 5 heteroatoms. The minimum atomic E-state index is 0.149. The van der Waals surface area contributed by atoms with Gasteiger partial charge in [0.2, 0.25) is 0 Å². The first-order chi connectivity index (χ1) is 11.8. The van der Waals surface area contributed by atoms with Crippen LogP contribution < -0.4 is 9.64 Å². The summed E-state index contributed by atoms with van der Waals surface area (Å²) < 4.78 is 6.08. The van der Waals surface area contributed by atoms with Gasteiger partial charge in [0.25, 0.3) is 0 Å². The number of fused-ring (bicyclic) bond motifs is 1. The fourth-order valence-electron chi connectivity index (χ4n) is 3.21. The summed E-state index contributed by atoms with van der Waals surface area (Å²) in [4.78, 5) is 15.9. The van der Waals surface area contributed by atoms with Crippen LogP contribution in [0.1, 0.15) is 18.5 Å². The number of hydrogen-bond donors (Lipinski definition) is 0. The molecule has 0 radical (unpaired) electrons. The maximum absolute atomic E-state index is 6.08. The van der Waals surface area contributed by atoms with Crippen LogP contribution in [-0.2, 0) is 0 Å². The molecule has 1 fully saturated rings. The molecule has 2 aromatic heterocycles. The van der Waals surface area contributed by atoms with Crippen molar-refractivity contribution in [2.45, 2.75) is 25.9 Å². The first-order valence-corrected chi connectivity index (χ1v) is 8.34. The standard InChI is InChI=1S/C19H20N4O/c1-14-19(22-18-9-3-2-8-17(18)21-14)23-11-5-7-16(13-23)24-15-6-4-10-20-12-15/h2-4,6,8-10,12,16H,5,7,11,13H2,1H3. The molecule has 0 spiro atoms. The van der Waals surface area contributed by atoms with Gasteiger partial charge in [0, 0.05) is 12.7 Å². The maximum atomic E-state index is 6.08. The number of para-hydroxylation sites is 2. The van der Waals surface area contributed by atoms with Crippen LogP contribution in [0.15, 0.2) is 48.8 Å². The molecule has 1 unspecified atom stereocenters. The number of hydrogen-bond acceptors (Lipinski definition) is 5. The highest BCUT2D eigenvalue weighted by Gasteiger charge is 2.24. The zero-order valence-corrected chi connectivity index (χ0v) is 13.7. The Labute approximate surface area is 141 Å². The highest BCUT2D eigenvalue weighted by Crippen LogP contribution is 2.25.